The van der Waals surface area contributed by atoms with Crippen molar-refractivity contribution in [1.29, 1.82) is 0 Å². The number of hydrogen-bond acceptors (Lipinski definition) is 7. The third-order valence-electron chi connectivity index (χ3n) is 4.70. The molecule has 0 bridgehead atoms. The van der Waals surface area contributed by atoms with Crippen LogP contribution < -0.4 is 14.2 Å². The molecule has 1 aromatic rings. The van der Waals surface area contributed by atoms with E-state index in [1.807, 2.05) is 12.1 Å². The highest BCUT2D eigenvalue weighted by atomic mass is 16.8. The van der Waals surface area contributed by atoms with Crippen molar-refractivity contribution in [3.8, 4) is 17.2 Å². The zero-order valence-electron chi connectivity index (χ0n) is 14.3. The number of nitrogens with zero attached hydrogens (tertiary/aromatic N) is 1. The smallest absolute Gasteiger partial charge is 0.496 e. The van der Waals surface area contributed by atoms with E-state index >= 15 is 0 Å². The molecule has 2 fully saturated rings. The average Bonchev–Trinajstić information content (AvgIpc) is 2.97. The molecule has 0 amide bonds. The molecule has 0 N–H and O–H groups in total. The normalized spacial score (nSPS) is 19.7. The molecule has 2 saturated heterocycles. The molecular weight excluding hydrogens is 314 g/mol. The first-order chi connectivity index (χ1) is 11.6. The molecule has 0 saturated carbocycles. The third kappa shape index (κ3) is 3.21. The van der Waals surface area contributed by atoms with Crippen molar-refractivity contribution in [1.82, 2.24) is 4.90 Å². The van der Waals surface area contributed by atoms with Crippen LogP contribution in [0.1, 0.15) is 18.4 Å². The summed E-state index contributed by atoms with van der Waals surface area (Å²) in [6.45, 7) is 2.75. The first-order valence-corrected chi connectivity index (χ1v) is 7.96. The summed E-state index contributed by atoms with van der Waals surface area (Å²) in [5.74, 6) is 2.09. The molecule has 0 unspecified atom stereocenters. The molecule has 0 radical (unpaired) electrons. The summed E-state index contributed by atoms with van der Waals surface area (Å²) < 4.78 is 26.5. The van der Waals surface area contributed by atoms with Crippen LogP contribution in [-0.4, -0.2) is 57.7 Å². The molecule has 2 heterocycles. The van der Waals surface area contributed by atoms with Gasteiger partial charge in [0.25, 0.3) is 0 Å². The number of benzene rings is 1. The molecule has 0 atom stereocenters. The highest BCUT2D eigenvalue weighted by Crippen LogP contribution is 2.37. The predicted molar refractivity (Wildman–Crippen MR) is 85.8 cm³/mol. The van der Waals surface area contributed by atoms with Gasteiger partial charge in [-0.25, -0.2) is 4.79 Å². The second kappa shape index (κ2) is 6.76. The fourth-order valence-corrected chi connectivity index (χ4v) is 3.25. The maximum atomic E-state index is 11.2. The van der Waals surface area contributed by atoms with Gasteiger partial charge in [-0.1, -0.05) is 0 Å². The SMILES string of the molecule is COc1cc(OC)c(OC)cc1CN1CCC2(CC1)COC(=O)O2. The van der Waals surface area contributed by atoms with Crippen molar-refractivity contribution >= 4 is 6.16 Å². The monoisotopic (exact) mass is 337 g/mol. The summed E-state index contributed by atoms with van der Waals surface area (Å²) >= 11 is 0. The van der Waals surface area contributed by atoms with Gasteiger partial charge in [0, 0.05) is 44.1 Å². The van der Waals surface area contributed by atoms with Crippen LogP contribution in [-0.2, 0) is 16.0 Å². The Hall–Kier alpha value is -2.15. The van der Waals surface area contributed by atoms with Crippen molar-refractivity contribution in [2.75, 3.05) is 41.0 Å². The van der Waals surface area contributed by atoms with E-state index in [0.29, 0.717) is 18.1 Å². The van der Waals surface area contributed by atoms with Crippen LogP contribution in [0.25, 0.3) is 0 Å². The molecule has 2 aliphatic rings. The average molecular weight is 337 g/mol. The van der Waals surface area contributed by atoms with Crippen LogP contribution in [0, 0.1) is 0 Å². The maximum absolute atomic E-state index is 11.2. The highest BCUT2D eigenvalue weighted by Gasteiger charge is 2.44. The lowest BCUT2D eigenvalue weighted by Crippen LogP contribution is -2.45. The Labute approximate surface area is 141 Å². The number of carbonyl (C=O) groups excluding carboxylic acids is 1. The quantitative estimate of drug-likeness (QED) is 0.763. The number of ether oxygens (including phenoxy) is 5. The fourth-order valence-electron chi connectivity index (χ4n) is 3.25. The number of hydrogen-bond donors (Lipinski definition) is 0. The Morgan fingerprint density at radius 3 is 2.21 bits per heavy atom. The van der Waals surface area contributed by atoms with E-state index < -0.39 is 11.8 Å². The van der Waals surface area contributed by atoms with Gasteiger partial charge in [0.2, 0.25) is 0 Å². The highest BCUT2D eigenvalue weighted by molar-refractivity contribution is 5.62. The van der Waals surface area contributed by atoms with Gasteiger partial charge in [-0.2, -0.15) is 0 Å². The lowest BCUT2D eigenvalue weighted by atomic mass is 9.92. The van der Waals surface area contributed by atoms with E-state index in [1.165, 1.54) is 0 Å². The van der Waals surface area contributed by atoms with Gasteiger partial charge in [0.1, 0.15) is 12.4 Å². The van der Waals surface area contributed by atoms with E-state index in [1.54, 1.807) is 21.3 Å². The third-order valence-corrected chi connectivity index (χ3v) is 4.70. The predicted octanol–water partition coefficient (Wildman–Crippen LogP) is 2.21. The van der Waals surface area contributed by atoms with Crippen molar-refractivity contribution in [2.24, 2.45) is 0 Å². The Morgan fingerprint density at radius 1 is 1.04 bits per heavy atom. The van der Waals surface area contributed by atoms with Crippen molar-refractivity contribution in [3.63, 3.8) is 0 Å². The summed E-state index contributed by atoms with van der Waals surface area (Å²) in [6, 6.07) is 3.78. The fraction of sp³-hybridized carbons (Fsp3) is 0.588. The van der Waals surface area contributed by atoms with Crippen LogP contribution in [0.15, 0.2) is 12.1 Å². The van der Waals surface area contributed by atoms with Crippen LogP contribution in [0.2, 0.25) is 0 Å². The van der Waals surface area contributed by atoms with Gasteiger partial charge in [0.15, 0.2) is 17.1 Å². The van der Waals surface area contributed by atoms with E-state index in [-0.39, 0.29) is 0 Å². The Bertz CT molecular complexity index is 609. The number of likely N-dealkylation sites (tertiary alicyclic amines) is 1. The lowest BCUT2D eigenvalue weighted by molar-refractivity contribution is -0.00176. The molecule has 7 nitrogen and oxygen atoms in total. The standard InChI is InChI=1S/C17H23NO6/c1-20-13-9-15(22-3)14(21-2)8-12(13)10-18-6-4-17(5-7-18)11-23-16(19)24-17/h8-9H,4-7,10-11H2,1-3H3. The summed E-state index contributed by atoms with van der Waals surface area (Å²) in [4.78, 5) is 13.5. The summed E-state index contributed by atoms with van der Waals surface area (Å²) in [6.07, 6.45) is 0.993. The van der Waals surface area contributed by atoms with Gasteiger partial charge in [-0.15, -0.1) is 0 Å². The number of rotatable bonds is 5. The van der Waals surface area contributed by atoms with Gasteiger partial charge in [-0.3, -0.25) is 4.90 Å². The second-order valence-corrected chi connectivity index (χ2v) is 6.12. The molecule has 7 heteroatoms. The Morgan fingerprint density at radius 2 is 1.67 bits per heavy atom. The number of carbonyl (C=O) groups is 1. The first kappa shape index (κ1) is 16.7. The Kier molecular flexibility index (Phi) is 4.71. The minimum Gasteiger partial charge on any atom is -0.496 e. The minimum atomic E-state index is -0.551. The van der Waals surface area contributed by atoms with Crippen LogP contribution in [0.4, 0.5) is 4.79 Å². The molecule has 0 aromatic heterocycles. The number of methoxy groups -OCH3 is 3. The molecule has 132 valence electrons. The molecule has 2 aliphatic heterocycles. The molecule has 1 spiro atoms. The molecule has 24 heavy (non-hydrogen) atoms. The second-order valence-electron chi connectivity index (χ2n) is 6.12. The van der Waals surface area contributed by atoms with Crippen LogP contribution in [0.5, 0.6) is 17.2 Å². The summed E-state index contributed by atoms with van der Waals surface area (Å²) in [5, 5.41) is 0. The molecule has 0 aliphatic carbocycles. The van der Waals surface area contributed by atoms with E-state index in [9.17, 15) is 4.79 Å². The zero-order valence-corrected chi connectivity index (χ0v) is 14.3. The summed E-state index contributed by atoms with van der Waals surface area (Å²) in [5.41, 5.74) is 0.598. The number of piperidine rings is 1. The Balaban J connectivity index is 1.69. The van der Waals surface area contributed by atoms with Gasteiger partial charge >= 0.3 is 6.16 Å². The van der Waals surface area contributed by atoms with Crippen molar-refractivity contribution in [2.45, 2.75) is 25.0 Å². The number of cyclic esters (lactones) is 1. The molecule has 3 rings (SSSR count). The minimum absolute atomic E-state index is 0.360. The maximum Gasteiger partial charge on any atom is 0.509 e. The van der Waals surface area contributed by atoms with Gasteiger partial charge in [0.05, 0.1) is 21.3 Å². The van der Waals surface area contributed by atoms with Crippen molar-refractivity contribution in [3.05, 3.63) is 17.7 Å². The van der Waals surface area contributed by atoms with E-state index in [4.69, 9.17) is 23.7 Å². The van der Waals surface area contributed by atoms with Crippen LogP contribution in [0.3, 0.4) is 0 Å². The van der Waals surface area contributed by atoms with Crippen LogP contribution >= 0.6 is 0 Å². The van der Waals surface area contributed by atoms with E-state index in [2.05, 4.69) is 4.90 Å². The topological polar surface area (TPSA) is 66.5 Å². The summed E-state index contributed by atoms with van der Waals surface area (Å²) in [7, 11) is 4.87. The first-order valence-electron chi connectivity index (χ1n) is 7.96. The van der Waals surface area contributed by atoms with Crippen molar-refractivity contribution < 1.29 is 28.5 Å². The lowest BCUT2D eigenvalue weighted by Gasteiger charge is -2.36. The van der Waals surface area contributed by atoms with Gasteiger partial charge in [-0.05, 0) is 6.07 Å². The largest absolute Gasteiger partial charge is 0.509 e. The van der Waals surface area contributed by atoms with Gasteiger partial charge < -0.3 is 23.7 Å². The molecular formula is C17H23NO6. The molecule has 1 aromatic carbocycles. The zero-order chi connectivity index (χ0) is 17.2. The van der Waals surface area contributed by atoms with E-state index in [0.717, 1.165) is 43.8 Å².